The van der Waals surface area contributed by atoms with Gasteiger partial charge < -0.3 is 15.7 Å². The summed E-state index contributed by atoms with van der Waals surface area (Å²) in [7, 11) is 0. The van der Waals surface area contributed by atoms with Crippen LogP contribution in [0.3, 0.4) is 0 Å². The molecule has 1 aromatic carbocycles. The second-order valence-electron chi connectivity index (χ2n) is 4.21. The molecule has 0 aliphatic rings. The van der Waals surface area contributed by atoms with E-state index in [0.717, 1.165) is 11.3 Å². The first-order valence-corrected chi connectivity index (χ1v) is 6.85. The van der Waals surface area contributed by atoms with Gasteiger partial charge in [-0.1, -0.05) is 6.07 Å². The molecule has 0 spiro atoms. The van der Waals surface area contributed by atoms with Gasteiger partial charge in [0.25, 0.3) is 0 Å². The van der Waals surface area contributed by atoms with E-state index in [2.05, 4.69) is 15.6 Å². The Bertz CT molecular complexity index is 674. The summed E-state index contributed by atoms with van der Waals surface area (Å²) < 4.78 is 13.0. The number of hydrogen-bond donors (Lipinski definition) is 3. The molecule has 0 aliphatic heterocycles. The number of rotatable bonds is 4. The lowest BCUT2D eigenvalue weighted by molar-refractivity contribution is 0.0691. The Hall–Kier alpha value is -2.48. The molecule has 0 bridgehead atoms. The van der Waals surface area contributed by atoms with Crippen LogP contribution in [0, 0.1) is 5.82 Å². The van der Waals surface area contributed by atoms with Crippen molar-refractivity contribution < 1.29 is 19.1 Å². The van der Waals surface area contributed by atoms with Crippen molar-refractivity contribution in [2.24, 2.45) is 0 Å². The van der Waals surface area contributed by atoms with E-state index in [9.17, 15) is 14.0 Å². The second kappa shape index (κ2) is 6.31. The Morgan fingerprint density at radius 2 is 2.19 bits per heavy atom. The van der Waals surface area contributed by atoms with Gasteiger partial charge in [-0.2, -0.15) is 0 Å². The van der Waals surface area contributed by atoms with E-state index >= 15 is 0 Å². The van der Waals surface area contributed by atoms with E-state index in [1.165, 1.54) is 23.6 Å². The molecule has 1 atom stereocenters. The predicted molar refractivity (Wildman–Crippen MR) is 76.0 cm³/mol. The van der Waals surface area contributed by atoms with Gasteiger partial charge >= 0.3 is 12.0 Å². The molecule has 3 N–H and O–H groups in total. The maximum Gasteiger partial charge on any atom is 0.355 e. The Balaban J connectivity index is 1.96. The average Bonchev–Trinajstić information content (AvgIpc) is 2.88. The summed E-state index contributed by atoms with van der Waals surface area (Å²) in [5, 5.41) is 15.8. The van der Waals surface area contributed by atoms with Crippen LogP contribution in [0.25, 0.3) is 0 Å². The van der Waals surface area contributed by atoms with Crippen LogP contribution in [0.2, 0.25) is 0 Å². The number of carbonyl (C=O) groups is 2. The number of amides is 2. The smallest absolute Gasteiger partial charge is 0.355 e. The number of nitrogens with zero attached hydrogens (tertiary/aromatic N) is 1. The Morgan fingerprint density at radius 1 is 1.43 bits per heavy atom. The molecule has 0 saturated heterocycles. The third kappa shape index (κ3) is 3.99. The predicted octanol–water partition coefficient (Wildman–Crippen LogP) is 2.86. The van der Waals surface area contributed by atoms with Gasteiger partial charge in [-0.15, -0.1) is 11.3 Å². The number of hydrogen-bond acceptors (Lipinski definition) is 4. The number of nitrogens with one attached hydrogen (secondary N) is 2. The van der Waals surface area contributed by atoms with Crippen molar-refractivity contribution in [2.75, 3.05) is 5.32 Å². The molecule has 6 nitrogen and oxygen atoms in total. The zero-order chi connectivity index (χ0) is 15.4. The summed E-state index contributed by atoms with van der Waals surface area (Å²) in [5.41, 5.74) is 0.263. The number of urea groups is 1. The van der Waals surface area contributed by atoms with Crippen LogP contribution in [0.1, 0.15) is 28.5 Å². The van der Waals surface area contributed by atoms with E-state index in [-0.39, 0.29) is 5.69 Å². The molecule has 1 aromatic heterocycles. The number of halogens is 1. The van der Waals surface area contributed by atoms with Crippen LogP contribution >= 0.6 is 11.3 Å². The van der Waals surface area contributed by atoms with Crippen LogP contribution in [0.15, 0.2) is 29.6 Å². The first-order valence-electron chi connectivity index (χ1n) is 5.97. The highest BCUT2D eigenvalue weighted by Crippen LogP contribution is 2.18. The van der Waals surface area contributed by atoms with Crippen molar-refractivity contribution in [1.82, 2.24) is 10.3 Å². The van der Waals surface area contributed by atoms with Crippen molar-refractivity contribution in [3.8, 4) is 0 Å². The quantitative estimate of drug-likeness (QED) is 0.810. The number of carboxylic acids is 1. The fraction of sp³-hybridized carbons (Fsp3) is 0.154. The van der Waals surface area contributed by atoms with Crippen LogP contribution in [0.5, 0.6) is 0 Å². The van der Waals surface area contributed by atoms with E-state index in [1.54, 1.807) is 13.0 Å². The first-order chi connectivity index (χ1) is 9.95. The fourth-order valence-electron chi connectivity index (χ4n) is 1.58. The van der Waals surface area contributed by atoms with Gasteiger partial charge in [-0.05, 0) is 25.1 Å². The highest BCUT2D eigenvalue weighted by molar-refractivity contribution is 7.09. The topological polar surface area (TPSA) is 91.3 Å². The van der Waals surface area contributed by atoms with E-state index in [4.69, 9.17) is 5.11 Å². The molecular formula is C13H12FN3O3S. The van der Waals surface area contributed by atoms with Gasteiger partial charge in [0.05, 0.1) is 6.04 Å². The summed E-state index contributed by atoms with van der Waals surface area (Å²) in [4.78, 5) is 26.4. The third-order valence-corrected chi connectivity index (χ3v) is 3.57. The zero-order valence-electron chi connectivity index (χ0n) is 11.0. The normalized spacial score (nSPS) is 11.7. The van der Waals surface area contributed by atoms with Gasteiger partial charge in [0.15, 0.2) is 5.69 Å². The van der Waals surface area contributed by atoms with Gasteiger partial charge in [0, 0.05) is 11.1 Å². The molecule has 1 unspecified atom stereocenters. The molecule has 1 heterocycles. The molecule has 110 valence electrons. The Morgan fingerprint density at radius 3 is 2.81 bits per heavy atom. The van der Waals surface area contributed by atoms with Gasteiger partial charge in [-0.3, -0.25) is 0 Å². The van der Waals surface area contributed by atoms with Crippen molar-refractivity contribution in [1.29, 1.82) is 0 Å². The zero-order valence-corrected chi connectivity index (χ0v) is 11.8. The van der Waals surface area contributed by atoms with Crippen molar-refractivity contribution in [2.45, 2.75) is 13.0 Å². The number of aromatic nitrogens is 1. The lowest BCUT2D eigenvalue weighted by Crippen LogP contribution is -2.31. The van der Waals surface area contributed by atoms with Crippen molar-refractivity contribution in [3.05, 3.63) is 46.2 Å². The molecule has 0 fully saturated rings. The minimum absolute atomic E-state index is 0.0609. The summed E-state index contributed by atoms with van der Waals surface area (Å²) in [6, 6.07) is 4.51. The standard InChI is InChI=1S/C13H12FN3O3S/c1-7(11-17-10(6-21-11)12(18)19)15-13(20)16-9-4-2-3-8(14)5-9/h2-7H,1H3,(H,18,19)(H2,15,16,20). The summed E-state index contributed by atoms with van der Waals surface area (Å²) >= 11 is 1.14. The number of carbonyl (C=O) groups excluding carboxylic acids is 1. The number of benzene rings is 1. The molecule has 2 amide bonds. The lowest BCUT2D eigenvalue weighted by Gasteiger charge is -2.12. The molecule has 0 aliphatic carbocycles. The summed E-state index contributed by atoms with van der Waals surface area (Å²) in [6.07, 6.45) is 0. The van der Waals surface area contributed by atoms with Crippen LogP contribution in [0.4, 0.5) is 14.9 Å². The van der Waals surface area contributed by atoms with Crippen LogP contribution in [-0.4, -0.2) is 22.1 Å². The van der Waals surface area contributed by atoms with Gasteiger partial charge in [0.2, 0.25) is 0 Å². The van der Waals surface area contributed by atoms with E-state index < -0.39 is 23.9 Å². The van der Waals surface area contributed by atoms with Crippen LogP contribution in [-0.2, 0) is 0 Å². The fourth-order valence-corrected chi connectivity index (χ4v) is 2.38. The molecule has 2 aromatic rings. The largest absolute Gasteiger partial charge is 0.476 e. The van der Waals surface area contributed by atoms with Crippen LogP contribution < -0.4 is 10.6 Å². The average molecular weight is 309 g/mol. The van der Waals surface area contributed by atoms with Crippen molar-refractivity contribution in [3.63, 3.8) is 0 Å². The Kier molecular flexibility index (Phi) is 4.49. The molecule has 2 rings (SSSR count). The number of anilines is 1. The first kappa shape index (κ1) is 14.9. The SMILES string of the molecule is CC(NC(=O)Nc1cccc(F)c1)c1nc(C(=O)O)cs1. The minimum Gasteiger partial charge on any atom is -0.476 e. The molecule has 21 heavy (non-hydrogen) atoms. The number of carboxylic acid groups (broad SMARTS) is 1. The number of aromatic carboxylic acids is 1. The highest BCUT2D eigenvalue weighted by atomic mass is 32.1. The monoisotopic (exact) mass is 309 g/mol. The van der Waals surface area contributed by atoms with E-state index in [0.29, 0.717) is 10.7 Å². The molecule has 0 saturated carbocycles. The lowest BCUT2D eigenvalue weighted by atomic mass is 10.3. The summed E-state index contributed by atoms with van der Waals surface area (Å²) in [6.45, 7) is 1.68. The van der Waals surface area contributed by atoms with Crippen molar-refractivity contribution >= 4 is 29.0 Å². The molecule has 8 heteroatoms. The maximum absolute atomic E-state index is 13.0. The second-order valence-corrected chi connectivity index (χ2v) is 5.10. The van der Waals surface area contributed by atoms with Gasteiger partial charge in [-0.25, -0.2) is 19.0 Å². The Labute approximate surface area is 123 Å². The molecule has 0 radical (unpaired) electrons. The summed E-state index contributed by atoms with van der Waals surface area (Å²) in [5.74, 6) is -1.57. The third-order valence-electron chi connectivity index (χ3n) is 2.54. The number of thiazole rings is 1. The minimum atomic E-state index is -1.12. The highest BCUT2D eigenvalue weighted by Gasteiger charge is 2.16. The van der Waals surface area contributed by atoms with Gasteiger partial charge in [0.1, 0.15) is 10.8 Å². The maximum atomic E-state index is 13.0. The van der Waals surface area contributed by atoms with E-state index in [1.807, 2.05) is 0 Å². The molecular weight excluding hydrogens is 297 g/mol.